The summed E-state index contributed by atoms with van der Waals surface area (Å²) in [5.74, 6) is 0.226. The van der Waals surface area contributed by atoms with Gasteiger partial charge in [-0.25, -0.2) is 0 Å². The maximum Gasteiger partial charge on any atom is 0.106 e. The molecule has 0 rings (SSSR count). The molecule has 0 fully saturated rings. The molecule has 0 saturated carbocycles. The van der Waals surface area contributed by atoms with Crippen molar-refractivity contribution in [3.05, 3.63) is 10.4 Å². The quantitative estimate of drug-likeness (QED) is 0.303. The number of azide groups is 1. The van der Waals surface area contributed by atoms with E-state index in [2.05, 4.69) is 21.4 Å². The summed E-state index contributed by atoms with van der Waals surface area (Å²) in [6.07, 6.45) is 0. The third-order valence-corrected chi connectivity index (χ3v) is 2.15. The van der Waals surface area contributed by atoms with Gasteiger partial charge >= 0.3 is 0 Å². The fraction of sp³-hybridized carbons (Fsp3) is 0.875. The van der Waals surface area contributed by atoms with Gasteiger partial charge in [0.25, 0.3) is 0 Å². The molecular weight excluding hydrogens is 166 g/mol. The standard InChI is InChI=1S/C8H15N5/c1-7(2)8(3,6-9)11-4-5-12-13-10/h7,11H,4-5H2,1-3H3. The molecule has 0 radical (unpaired) electrons. The number of nitriles is 1. The average Bonchev–Trinajstić information content (AvgIpc) is 2.12. The predicted molar refractivity (Wildman–Crippen MR) is 50.9 cm³/mol. The molecule has 0 amide bonds. The highest BCUT2D eigenvalue weighted by atomic mass is 15.1. The summed E-state index contributed by atoms with van der Waals surface area (Å²) in [6.45, 7) is 6.70. The largest absolute Gasteiger partial charge is 0.299 e. The topological polar surface area (TPSA) is 84.6 Å². The minimum atomic E-state index is -0.537. The van der Waals surface area contributed by atoms with Gasteiger partial charge in [0.1, 0.15) is 5.54 Å². The molecule has 0 aromatic heterocycles. The second-order valence-electron chi connectivity index (χ2n) is 3.35. The predicted octanol–water partition coefficient (Wildman–Crippen LogP) is 1.82. The van der Waals surface area contributed by atoms with Crippen LogP contribution in [0.4, 0.5) is 0 Å². The van der Waals surface area contributed by atoms with Crippen LogP contribution in [0, 0.1) is 17.2 Å². The fourth-order valence-corrected chi connectivity index (χ4v) is 0.783. The molecule has 0 spiro atoms. The second-order valence-corrected chi connectivity index (χ2v) is 3.35. The van der Waals surface area contributed by atoms with Gasteiger partial charge in [0.15, 0.2) is 0 Å². The van der Waals surface area contributed by atoms with E-state index in [0.29, 0.717) is 13.1 Å². The van der Waals surface area contributed by atoms with Crippen molar-refractivity contribution in [3.63, 3.8) is 0 Å². The molecule has 5 nitrogen and oxygen atoms in total. The van der Waals surface area contributed by atoms with E-state index in [9.17, 15) is 0 Å². The molecule has 72 valence electrons. The van der Waals surface area contributed by atoms with Crippen LogP contribution in [0.3, 0.4) is 0 Å². The third kappa shape index (κ3) is 3.79. The normalized spacial score (nSPS) is 14.4. The van der Waals surface area contributed by atoms with Gasteiger partial charge < -0.3 is 0 Å². The van der Waals surface area contributed by atoms with Gasteiger partial charge in [0.05, 0.1) is 6.07 Å². The molecule has 0 aliphatic heterocycles. The van der Waals surface area contributed by atoms with Crippen molar-refractivity contribution in [2.75, 3.05) is 13.1 Å². The molecule has 0 aromatic carbocycles. The monoisotopic (exact) mass is 181 g/mol. The minimum absolute atomic E-state index is 0.226. The Kier molecular flexibility index (Phi) is 4.90. The molecule has 0 heterocycles. The lowest BCUT2D eigenvalue weighted by molar-refractivity contribution is 0.342. The summed E-state index contributed by atoms with van der Waals surface area (Å²) in [6, 6.07) is 2.21. The first kappa shape index (κ1) is 11.8. The van der Waals surface area contributed by atoms with Crippen LogP contribution in [0.1, 0.15) is 20.8 Å². The number of nitrogens with one attached hydrogen (secondary N) is 1. The first-order valence-corrected chi connectivity index (χ1v) is 4.24. The average molecular weight is 181 g/mol. The van der Waals surface area contributed by atoms with Gasteiger partial charge in [-0.2, -0.15) is 5.26 Å². The highest BCUT2D eigenvalue weighted by Gasteiger charge is 2.26. The van der Waals surface area contributed by atoms with Crippen LogP contribution in [-0.4, -0.2) is 18.6 Å². The minimum Gasteiger partial charge on any atom is -0.299 e. The lowest BCUT2D eigenvalue weighted by Crippen LogP contribution is -2.46. The number of hydrogen-bond donors (Lipinski definition) is 1. The molecular formula is C8H15N5. The Labute approximate surface area is 78.4 Å². The van der Waals surface area contributed by atoms with E-state index in [1.807, 2.05) is 20.8 Å². The number of hydrogen-bond acceptors (Lipinski definition) is 3. The van der Waals surface area contributed by atoms with Gasteiger partial charge in [-0.15, -0.1) is 0 Å². The molecule has 0 saturated heterocycles. The van der Waals surface area contributed by atoms with E-state index in [0.717, 1.165) is 0 Å². The molecule has 1 N–H and O–H groups in total. The van der Waals surface area contributed by atoms with Crippen molar-refractivity contribution in [2.45, 2.75) is 26.3 Å². The van der Waals surface area contributed by atoms with Crippen molar-refractivity contribution in [3.8, 4) is 6.07 Å². The summed E-state index contributed by atoms with van der Waals surface area (Å²) in [4.78, 5) is 2.63. The van der Waals surface area contributed by atoms with E-state index < -0.39 is 5.54 Å². The first-order chi connectivity index (χ1) is 6.06. The number of nitrogens with zero attached hydrogens (tertiary/aromatic N) is 4. The summed E-state index contributed by atoms with van der Waals surface area (Å²) in [5, 5.41) is 15.3. The summed E-state index contributed by atoms with van der Waals surface area (Å²) in [7, 11) is 0. The molecule has 1 unspecified atom stereocenters. The molecule has 0 aliphatic rings. The molecule has 5 heteroatoms. The van der Waals surface area contributed by atoms with Gasteiger partial charge in [0.2, 0.25) is 0 Å². The van der Waals surface area contributed by atoms with Gasteiger partial charge in [-0.1, -0.05) is 19.0 Å². The van der Waals surface area contributed by atoms with Gasteiger partial charge in [0, 0.05) is 18.0 Å². The van der Waals surface area contributed by atoms with E-state index in [-0.39, 0.29) is 5.92 Å². The first-order valence-electron chi connectivity index (χ1n) is 4.24. The lowest BCUT2D eigenvalue weighted by atomic mass is 9.90. The second kappa shape index (κ2) is 5.41. The summed E-state index contributed by atoms with van der Waals surface area (Å²) in [5.41, 5.74) is 7.49. The van der Waals surface area contributed by atoms with Crippen LogP contribution >= 0.6 is 0 Å². The Morgan fingerprint density at radius 2 is 2.31 bits per heavy atom. The SMILES string of the molecule is CC(C)C(C)(C#N)NCCN=[N+]=[N-]. The highest BCUT2D eigenvalue weighted by Crippen LogP contribution is 2.14. The molecule has 13 heavy (non-hydrogen) atoms. The van der Waals surface area contributed by atoms with Gasteiger partial charge in [-0.05, 0) is 18.4 Å². The van der Waals surface area contributed by atoms with E-state index >= 15 is 0 Å². The van der Waals surface area contributed by atoms with Gasteiger partial charge in [-0.3, -0.25) is 5.32 Å². The van der Waals surface area contributed by atoms with Crippen molar-refractivity contribution < 1.29 is 0 Å². The van der Waals surface area contributed by atoms with Crippen LogP contribution in [0.5, 0.6) is 0 Å². The van der Waals surface area contributed by atoms with E-state index in [1.54, 1.807) is 0 Å². The van der Waals surface area contributed by atoms with E-state index in [1.165, 1.54) is 0 Å². The maximum atomic E-state index is 8.90. The van der Waals surface area contributed by atoms with Crippen molar-refractivity contribution in [1.29, 1.82) is 5.26 Å². The Hall–Kier alpha value is -1.24. The van der Waals surface area contributed by atoms with Crippen LogP contribution < -0.4 is 5.32 Å². The zero-order valence-electron chi connectivity index (χ0n) is 8.28. The van der Waals surface area contributed by atoms with Crippen LogP contribution in [0.25, 0.3) is 10.4 Å². The smallest absolute Gasteiger partial charge is 0.106 e. The lowest BCUT2D eigenvalue weighted by Gasteiger charge is -2.27. The Bertz CT molecular complexity index is 235. The molecule has 1 atom stereocenters. The third-order valence-electron chi connectivity index (χ3n) is 2.15. The molecule has 0 aromatic rings. The fourth-order valence-electron chi connectivity index (χ4n) is 0.783. The van der Waals surface area contributed by atoms with Crippen LogP contribution in [0.2, 0.25) is 0 Å². The summed E-state index contributed by atoms with van der Waals surface area (Å²) < 4.78 is 0. The zero-order chi connectivity index (χ0) is 10.3. The summed E-state index contributed by atoms with van der Waals surface area (Å²) >= 11 is 0. The molecule has 0 bridgehead atoms. The van der Waals surface area contributed by atoms with Crippen molar-refractivity contribution in [1.82, 2.24) is 5.32 Å². The highest BCUT2D eigenvalue weighted by molar-refractivity contribution is 5.05. The molecule has 0 aliphatic carbocycles. The van der Waals surface area contributed by atoms with Crippen molar-refractivity contribution in [2.24, 2.45) is 11.0 Å². The van der Waals surface area contributed by atoms with Crippen LogP contribution in [-0.2, 0) is 0 Å². The van der Waals surface area contributed by atoms with Crippen molar-refractivity contribution >= 4 is 0 Å². The number of rotatable bonds is 5. The van der Waals surface area contributed by atoms with Crippen LogP contribution in [0.15, 0.2) is 5.11 Å². The Morgan fingerprint density at radius 1 is 1.69 bits per heavy atom. The maximum absolute atomic E-state index is 8.90. The zero-order valence-corrected chi connectivity index (χ0v) is 8.28. The van der Waals surface area contributed by atoms with E-state index in [4.69, 9.17) is 10.8 Å². The Balaban J connectivity index is 4.00. The Morgan fingerprint density at radius 3 is 2.69 bits per heavy atom.